The summed E-state index contributed by atoms with van der Waals surface area (Å²) in [6.45, 7) is 3.19. The summed E-state index contributed by atoms with van der Waals surface area (Å²) >= 11 is 1.72. The van der Waals surface area contributed by atoms with Crippen LogP contribution in [-0.2, 0) is 4.74 Å². The van der Waals surface area contributed by atoms with Crippen molar-refractivity contribution in [1.82, 2.24) is 10.6 Å². The van der Waals surface area contributed by atoms with Gasteiger partial charge in [0.15, 0.2) is 5.96 Å². The lowest BCUT2D eigenvalue weighted by Gasteiger charge is -2.27. The minimum Gasteiger partial charge on any atom is -0.396 e. The largest absolute Gasteiger partial charge is 0.396 e. The number of aliphatic hydroxyl groups excluding tert-OH is 1. The van der Waals surface area contributed by atoms with Gasteiger partial charge in [0, 0.05) is 43.7 Å². The third-order valence-electron chi connectivity index (χ3n) is 4.38. The van der Waals surface area contributed by atoms with Crippen molar-refractivity contribution in [3.8, 4) is 0 Å². The molecule has 1 heterocycles. The zero-order chi connectivity index (χ0) is 18.0. The van der Waals surface area contributed by atoms with Crippen molar-refractivity contribution < 1.29 is 14.2 Å². The Kier molecular flexibility index (Phi) is 8.51. The highest BCUT2D eigenvalue weighted by Gasteiger charge is 2.34. The van der Waals surface area contributed by atoms with E-state index in [1.165, 1.54) is 12.1 Å². The van der Waals surface area contributed by atoms with Gasteiger partial charge in [-0.05, 0) is 49.3 Å². The topological polar surface area (TPSA) is 65.9 Å². The standard InChI is InChI=1S/C18H28FN3O2S/c1-20-17(22-13-18(7-10-23)8-11-24-14-18)21-9-2-12-25-16-5-3-15(19)4-6-16/h3-6,23H,2,7-14H2,1H3,(H2,20,21,22). The molecule has 1 saturated heterocycles. The molecule has 1 aromatic carbocycles. The van der Waals surface area contributed by atoms with Crippen LogP contribution in [0.5, 0.6) is 0 Å². The second-order valence-electron chi connectivity index (χ2n) is 6.28. The number of nitrogens with one attached hydrogen (secondary N) is 2. The molecule has 0 spiro atoms. The van der Waals surface area contributed by atoms with E-state index in [9.17, 15) is 9.50 Å². The van der Waals surface area contributed by atoms with E-state index in [2.05, 4.69) is 15.6 Å². The molecule has 1 unspecified atom stereocenters. The number of aliphatic hydroxyl groups is 1. The van der Waals surface area contributed by atoms with E-state index in [4.69, 9.17) is 4.74 Å². The van der Waals surface area contributed by atoms with Crippen molar-refractivity contribution >= 4 is 17.7 Å². The van der Waals surface area contributed by atoms with E-state index in [-0.39, 0.29) is 17.8 Å². The zero-order valence-corrected chi connectivity index (χ0v) is 15.6. The molecule has 7 heteroatoms. The van der Waals surface area contributed by atoms with Crippen LogP contribution in [-0.4, -0.2) is 56.8 Å². The Labute approximate surface area is 153 Å². The Hall–Kier alpha value is -1.31. The van der Waals surface area contributed by atoms with Crippen molar-refractivity contribution in [2.45, 2.75) is 24.2 Å². The minimum atomic E-state index is -0.201. The summed E-state index contributed by atoms with van der Waals surface area (Å²) in [6, 6.07) is 6.58. The smallest absolute Gasteiger partial charge is 0.190 e. The van der Waals surface area contributed by atoms with Gasteiger partial charge < -0.3 is 20.5 Å². The number of nitrogens with zero attached hydrogens (tertiary/aromatic N) is 1. The molecule has 0 bridgehead atoms. The second kappa shape index (κ2) is 10.6. The quantitative estimate of drug-likeness (QED) is 0.270. The van der Waals surface area contributed by atoms with Gasteiger partial charge in [-0.15, -0.1) is 11.8 Å². The molecule has 0 radical (unpaired) electrons. The molecule has 0 saturated carbocycles. The Bertz CT molecular complexity index is 534. The number of benzene rings is 1. The third-order valence-corrected chi connectivity index (χ3v) is 5.48. The SMILES string of the molecule is CN=C(NCCCSc1ccc(F)cc1)NCC1(CCO)CCOC1. The maximum Gasteiger partial charge on any atom is 0.190 e. The fourth-order valence-electron chi connectivity index (χ4n) is 2.80. The number of hydrogen-bond donors (Lipinski definition) is 3. The first kappa shape index (κ1) is 20.0. The Balaban J connectivity index is 1.64. The third kappa shape index (κ3) is 6.84. The molecule has 1 atom stereocenters. The highest BCUT2D eigenvalue weighted by Crippen LogP contribution is 2.31. The molecule has 140 valence electrons. The monoisotopic (exact) mass is 369 g/mol. The lowest BCUT2D eigenvalue weighted by atomic mass is 9.84. The lowest BCUT2D eigenvalue weighted by molar-refractivity contribution is 0.127. The maximum atomic E-state index is 12.9. The zero-order valence-electron chi connectivity index (χ0n) is 14.8. The van der Waals surface area contributed by atoms with Crippen LogP contribution in [0.3, 0.4) is 0 Å². The van der Waals surface area contributed by atoms with Crippen LogP contribution in [0.1, 0.15) is 19.3 Å². The highest BCUT2D eigenvalue weighted by molar-refractivity contribution is 7.99. The van der Waals surface area contributed by atoms with Gasteiger partial charge >= 0.3 is 0 Å². The van der Waals surface area contributed by atoms with Crippen molar-refractivity contribution in [2.75, 3.05) is 45.7 Å². The Morgan fingerprint density at radius 1 is 1.36 bits per heavy atom. The first-order chi connectivity index (χ1) is 12.2. The first-order valence-corrected chi connectivity index (χ1v) is 9.67. The lowest BCUT2D eigenvalue weighted by Crippen LogP contribution is -2.44. The molecule has 25 heavy (non-hydrogen) atoms. The maximum absolute atomic E-state index is 12.9. The predicted octanol–water partition coefficient (Wildman–Crippen LogP) is 2.26. The molecule has 0 aliphatic carbocycles. The van der Waals surface area contributed by atoms with Gasteiger partial charge in [-0.1, -0.05) is 0 Å². The summed E-state index contributed by atoms with van der Waals surface area (Å²) in [4.78, 5) is 5.33. The van der Waals surface area contributed by atoms with Crippen molar-refractivity contribution in [2.24, 2.45) is 10.4 Å². The van der Waals surface area contributed by atoms with E-state index in [1.807, 2.05) is 0 Å². The van der Waals surface area contributed by atoms with Crippen LogP contribution in [0.15, 0.2) is 34.2 Å². The van der Waals surface area contributed by atoms with Crippen molar-refractivity contribution in [3.63, 3.8) is 0 Å². The molecule has 1 fully saturated rings. The van der Waals surface area contributed by atoms with Crippen LogP contribution < -0.4 is 10.6 Å². The Morgan fingerprint density at radius 3 is 2.80 bits per heavy atom. The molecule has 0 amide bonds. The van der Waals surface area contributed by atoms with Crippen molar-refractivity contribution in [3.05, 3.63) is 30.1 Å². The molecule has 1 aliphatic rings. The number of guanidine groups is 1. The van der Waals surface area contributed by atoms with Gasteiger partial charge in [0.05, 0.1) is 6.61 Å². The summed E-state index contributed by atoms with van der Waals surface area (Å²) in [5.74, 6) is 1.53. The molecular weight excluding hydrogens is 341 g/mol. The number of ether oxygens (including phenoxy) is 1. The molecule has 5 nitrogen and oxygen atoms in total. The molecule has 0 aromatic heterocycles. The molecule has 1 aliphatic heterocycles. The van der Waals surface area contributed by atoms with Gasteiger partial charge in [-0.25, -0.2) is 4.39 Å². The minimum absolute atomic E-state index is 0.00477. The van der Waals surface area contributed by atoms with Gasteiger partial charge in [0.2, 0.25) is 0 Å². The summed E-state index contributed by atoms with van der Waals surface area (Å²) in [7, 11) is 1.76. The van der Waals surface area contributed by atoms with Gasteiger partial charge in [-0.2, -0.15) is 0 Å². The fraction of sp³-hybridized carbons (Fsp3) is 0.611. The number of aliphatic imine (C=N–C) groups is 1. The van der Waals surface area contributed by atoms with Crippen LogP contribution in [0.25, 0.3) is 0 Å². The van der Waals surface area contributed by atoms with Crippen molar-refractivity contribution in [1.29, 1.82) is 0 Å². The van der Waals surface area contributed by atoms with Crippen LogP contribution in [0.2, 0.25) is 0 Å². The summed E-state index contributed by atoms with van der Waals surface area (Å²) < 4.78 is 18.4. The molecular formula is C18H28FN3O2S. The van der Waals surface area contributed by atoms with E-state index in [1.54, 1.807) is 30.9 Å². The van der Waals surface area contributed by atoms with Crippen LogP contribution >= 0.6 is 11.8 Å². The summed E-state index contributed by atoms with van der Waals surface area (Å²) in [6.07, 6.45) is 2.69. The van der Waals surface area contributed by atoms with E-state index in [0.29, 0.717) is 6.61 Å². The van der Waals surface area contributed by atoms with E-state index >= 15 is 0 Å². The van der Waals surface area contributed by atoms with Gasteiger partial charge in [-0.3, -0.25) is 4.99 Å². The fourth-order valence-corrected chi connectivity index (χ4v) is 3.66. The van der Waals surface area contributed by atoms with E-state index < -0.39 is 0 Å². The van der Waals surface area contributed by atoms with Crippen LogP contribution in [0.4, 0.5) is 4.39 Å². The molecule has 1 aromatic rings. The summed E-state index contributed by atoms with van der Waals surface area (Å²) in [5, 5.41) is 15.9. The summed E-state index contributed by atoms with van der Waals surface area (Å²) in [5.41, 5.74) is 0.00477. The average molecular weight is 370 g/mol. The molecule has 2 rings (SSSR count). The number of rotatable bonds is 9. The normalized spacial score (nSPS) is 20.7. The first-order valence-electron chi connectivity index (χ1n) is 8.69. The van der Waals surface area contributed by atoms with Gasteiger partial charge in [0.1, 0.15) is 5.82 Å². The predicted molar refractivity (Wildman–Crippen MR) is 101 cm³/mol. The molecule has 3 N–H and O–H groups in total. The average Bonchev–Trinajstić information content (AvgIpc) is 3.08. The van der Waals surface area contributed by atoms with Crippen LogP contribution in [0, 0.1) is 11.2 Å². The highest BCUT2D eigenvalue weighted by atomic mass is 32.2. The second-order valence-corrected chi connectivity index (χ2v) is 7.45. The van der Waals surface area contributed by atoms with E-state index in [0.717, 1.165) is 55.6 Å². The Morgan fingerprint density at radius 2 is 2.16 bits per heavy atom. The number of thioether (sulfide) groups is 1. The number of halogens is 1. The van der Waals surface area contributed by atoms with Gasteiger partial charge in [0.25, 0.3) is 0 Å². The number of hydrogen-bond acceptors (Lipinski definition) is 4.